The fourth-order valence-electron chi connectivity index (χ4n) is 2.26. The van der Waals surface area contributed by atoms with Gasteiger partial charge in [0, 0.05) is 13.1 Å². The number of amides is 1. The van der Waals surface area contributed by atoms with E-state index in [2.05, 4.69) is 18.8 Å². The number of aromatic nitrogens is 1. The zero-order chi connectivity index (χ0) is 16.4. The van der Waals surface area contributed by atoms with Gasteiger partial charge in [-0.25, -0.2) is 9.78 Å². The summed E-state index contributed by atoms with van der Waals surface area (Å²) in [6.45, 7) is 5.66. The molecule has 0 saturated carbocycles. The van der Waals surface area contributed by atoms with Gasteiger partial charge in [-0.15, -0.1) is 0 Å². The van der Waals surface area contributed by atoms with Crippen molar-refractivity contribution >= 4 is 11.9 Å². The molecule has 5 heteroatoms. The average Bonchev–Trinajstić information content (AvgIpc) is 2.53. The minimum Gasteiger partial charge on any atom is -0.477 e. The van der Waals surface area contributed by atoms with Gasteiger partial charge >= 0.3 is 5.97 Å². The standard InChI is InChI=1S/C17H26N2O3/c1-3-5-7-12-19(13-8-6-4-2)16(20)14-10-9-11-15(18-14)17(21)22/h9-11H,3-8,12-13H2,1-2H3,(H,21,22). The van der Waals surface area contributed by atoms with Crippen LogP contribution in [0.25, 0.3) is 0 Å². The predicted octanol–water partition coefficient (Wildman–Crippen LogP) is 3.60. The third kappa shape index (κ3) is 5.84. The van der Waals surface area contributed by atoms with Gasteiger partial charge in [0.25, 0.3) is 5.91 Å². The topological polar surface area (TPSA) is 70.5 Å². The maximum Gasteiger partial charge on any atom is 0.354 e. The van der Waals surface area contributed by atoms with Crippen molar-refractivity contribution in [2.45, 2.75) is 52.4 Å². The summed E-state index contributed by atoms with van der Waals surface area (Å²) in [6, 6.07) is 4.55. The average molecular weight is 306 g/mol. The Morgan fingerprint density at radius 2 is 1.55 bits per heavy atom. The molecule has 0 fully saturated rings. The van der Waals surface area contributed by atoms with Crippen molar-refractivity contribution in [1.82, 2.24) is 9.88 Å². The molecule has 0 radical (unpaired) electrons. The van der Waals surface area contributed by atoms with Gasteiger partial charge in [0.15, 0.2) is 0 Å². The SMILES string of the molecule is CCCCCN(CCCCC)C(=O)c1cccc(C(=O)O)n1. The molecule has 1 amide bonds. The van der Waals surface area contributed by atoms with E-state index in [1.165, 1.54) is 6.07 Å². The van der Waals surface area contributed by atoms with Crippen LogP contribution in [0.15, 0.2) is 18.2 Å². The molecule has 1 heterocycles. The number of pyridine rings is 1. The largest absolute Gasteiger partial charge is 0.477 e. The van der Waals surface area contributed by atoms with Crippen LogP contribution in [0.3, 0.4) is 0 Å². The number of unbranched alkanes of at least 4 members (excludes halogenated alkanes) is 4. The molecule has 1 N–H and O–H groups in total. The summed E-state index contributed by atoms with van der Waals surface area (Å²) in [5.74, 6) is -1.28. The number of hydrogen-bond donors (Lipinski definition) is 1. The Balaban J connectivity index is 2.79. The maximum absolute atomic E-state index is 12.6. The number of carbonyl (C=O) groups is 2. The molecule has 122 valence electrons. The van der Waals surface area contributed by atoms with Gasteiger partial charge in [-0.1, -0.05) is 45.6 Å². The zero-order valence-corrected chi connectivity index (χ0v) is 13.5. The molecule has 0 spiro atoms. The van der Waals surface area contributed by atoms with E-state index in [9.17, 15) is 9.59 Å². The minimum atomic E-state index is -1.11. The molecule has 1 aromatic heterocycles. The lowest BCUT2D eigenvalue weighted by atomic mass is 10.2. The molecule has 1 aromatic rings. The number of carboxylic acid groups (broad SMARTS) is 1. The van der Waals surface area contributed by atoms with E-state index in [1.807, 2.05) is 0 Å². The Morgan fingerprint density at radius 3 is 2.05 bits per heavy atom. The van der Waals surface area contributed by atoms with Crippen molar-refractivity contribution in [2.75, 3.05) is 13.1 Å². The van der Waals surface area contributed by atoms with Crippen molar-refractivity contribution < 1.29 is 14.7 Å². The second kappa shape index (κ2) is 9.92. The first-order chi connectivity index (χ1) is 10.6. The highest BCUT2D eigenvalue weighted by molar-refractivity contribution is 5.94. The van der Waals surface area contributed by atoms with Gasteiger partial charge in [0.1, 0.15) is 11.4 Å². The Morgan fingerprint density at radius 1 is 1.00 bits per heavy atom. The molecule has 0 aromatic carbocycles. The first kappa shape index (κ1) is 18.1. The lowest BCUT2D eigenvalue weighted by Gasteiger charge is -2.22. The lowest BCUT2D eigenvalue weighted by Crippen LogP contribution is -2.33. The molecule has 0 atom stereocenters. The Kier molecular flexibility index (Phi) is 8.18. The summed E-state index contributed by atoms with van der Waals surface area (Å²) < 4.78 is 0. The highest BCUT2D eigenvalue weighted by Crippen LogP contribution is 2.09. The fourth-order valence-corrected chi connectivity index (χ4v) is 2.26. The second-order valence-corrected chi connectivity index (χ2v) is 5.42. The summed E-state index contributed by atoms with van der Waals surface area (Å²) in [5.41, 5.74) is 0.126. The van der Waals surface area contributed by atoms with Crippen LogP contribution in [0, 0.1) is 0 Å². The number of carboxylic acids is 1. The number of nitrogens with zero attached hydrogens (tertiary/aromatic N) is 2. The molecule has 0 aliphatic carbocycles. The smallest absolute Gasteiger partial charge is 0.354 e. The van der Waals surface area contributed by atoms with E-state index >= 15 is 0 Å². The summed E-state index contributed by atoms with van der Waals surface area (Å²) in [7, 11) is 0. The Labute approximate surface area is 132 Å². The summed E-state index contributed by atoms with van der Waals surface area (Å²) in [4.78, 5) is 29.3. The van der Waals surface area contributed by atoms with E-state index in [0.717, 1.165) is 38.5 Å². The summed E-state index contributed by atoms with van der Waals surface area (Å²) in [6.07, 6.45) is 6.30. The third-order valence-corrected chi connectivity index (χ3v) is 3.54. The van der Waals surface area contributed by atoms with Gasteiger partial charge in [0.2, 0.25) is 0 Å². The summed E-state index contributed by atoms with van der Waals surface area (Å²) in [5, 5.41) is 8.99. The monoisotopic (exact) mass is 306 g/mol. The molecule has 0 saturated heterocycles. The van der Waals surface area contributed by atoms with Crippen LogP contribution in [0.2, 0.25) is 0 Å². The summed E-state index contributed by atoms with van der Waals surface area (Å²) >= 11 is 0. The van der Waals surface area contributed by atoms with Gasteiger partial charge in [-0.05, 0) is 25.0 Å². The van der Waals surface area contributed by atoms with Crippen LogP contribution >= 0.6 is 0 Å². The number of hydrogen-bond acceptors (Lipinski definition) is 3. The van der Waals surface area contributed by atoms with E-state index in [-0.39, 0.29) is 17.3 Å². The Bertz CT molecular complexity index is 479. The van der Waals surface area contributed by atoms with Gasteiger partial charge < -0.3 is 10.0 Å². The molecule has 22 heavy (non-hydrogen) atoms. The highest BCUT2D eigenvalue weighted by Gasteiger charge is 2.17. The van der Waals surface area contributed by atoms with E-state index in [4.69, 9.17) is 5.11 Å². The van der Waals surface area contributed by atoms with Crippen LogP contribution in [0.5, 0.6) is 0 Å². The normalized spacial score (nSPS) is 10.5. The molecule has 0 aliphatic rings. The maximum atomic E-state index is 12.6. The quantitative estimate of drug-likeness (QED) is 0.670. The van der Waals surface area contributed by atoms with Crippen molar-refractivity contribution in [1.29, 1.82) is 0 Å². The van der Waals surface area contributed by atoms with Crippen LogP contribution in [0.1, 0.15) is 73.3 Å². The van der Waals surface area contributed by atoms with Gasteiger partial charge in [0.05, 0.1) is 0 Å². The number of carbonyl (C=O) groups excluding carboxylic acids is 1. The molecule has 0 bridgehead atoms. The van der Waals surface area contributed by atoms with Crippen LogP contribution < -0.4 is 0 Å². The zero-order valence-electron chi connectivity index (χ0n) is 13.5. The van der Waals surface area contributed by atoms with Crippen LogP contribution in [0.4, 0.5) is 0 Å². The van der Waals surface area contributed by atoms with Gasteiger partial charge in [-0.2, -0.15) is 0 Å². The molecule has 5 nitrogen and oxygen atoms in total. The lowest BCUT2D eigenvalue weighted by molar-refractivity contribution is 0.0689. The number of aromatic carboxylic acids is 1. The van der Waals surface area contributed by atoms with Crippen LogP contribution in [-0.4, -0.2) is 40.0 Å². The fraction of sp³-hybridized carbons (Fsp3) is 0.588. The van der Waals surface area contributed by atoms with Crippen LogP contribution in [-0.2, 0) is 0 Å². The van der Waals surface area contributed by atoms with E-state index < -0.39 is 5.97 Å². The highest BCUT2D eigenvalue weighted by atomic mass is 16.4. The van der Waals surface area contributed by atoms with Crippen molar-refractivity contribution in [2.24, 2.45) is 0 Å². The molecular formula is C17H26N2O3. The predicted molar refractivity (Wildman–Crippen MR) is 86.1 cm³/mol. The van der Waals surface area contributed by atoms with Crippen molar-refractivity contribution in [3.63, 3.8) is 0 Å². The number of rotatable bonds is 10. The third-order valence-electron chi connectivity index (χ3n) is 3.54. The van der Waals surface area contributed by atoms with Gasteiger partial charge in [-0.3, -0.25) is 4.79 Å². The minimum absolute atomic E-state index is 0.0899. The Hall–Kier alpha value is -1.91. The van der Waals surface area contributed by atoms with E-state index in [0.29, 0.717) is 13.1 Å². The molecular weight excluding hydrogens is 280 g/mol. The first-order valence-electron chi connectivity index (χ1n) is 8.09. The van der Waals surface area contributed by atoms with Crippen molar-refractivity contribution in [3.8, 4) is 0 Å². The second-order valence-electron chi connectivity index (χ2n) is 5.42. The molecule has 1 rings (SSSR count). The molecule has 0 unspecified atom stereocenters. The first-order valence-corrected chi connectivity index (χ1v) is 8.09. The molecule has 0 aliphatic heterocycles. The van der Waals surface area contributed by atoms with E-state index in [1.54, 1.807) is 17.0 Å². The van der Waals surface area contributed by atoms with Crippen molar-refractivity contribution in [3.05, 3.63) is 29.6 Å².